The van der Waals surface area contributed by atoms with Gasteiger partial charge in [0.05, 0.1) is 5.52 Å². The lowest BCUT2D eigenvalue weighted by Crippen LogP contribution is -2.47. The van der Waals surface area contributed by atoms with Crippen LogP contribution in [0.2, 0.25) is 0 Å². The Hall–Kier alpha value is -1.72. The minimum atomic E-state index is 0.322. The first-order valence-electron chi connectivity index (χ1n) is 7.60. The third-order valence-electron chi connectivity index (χ3n) is 3.90. The molecule has 2 aromatic rings. The second kappa shape index (κ2) is 5.95. The highest BCUT2D eigenvalue weighted by Crippen LogP contribution is 2.23. The summed E-state index contributed by atoms with van der Waals surface area (Å²) in [5.41, 5.74) is 4.50. The zero-order chi connectivity index (χ0) is 14.8. The Kier molecular flexibility index (Phi) is 4.03. The summed E-state index contributed by atoms with van der Waals surface area (Å²) in [6, 6.07) is 8.20. The van der Waals surface area contributed by atoms with Crippen molar-refractivity contribution in [3.8, 4) is 0 Å². The molecule has 0 saturated carbocycles. The van der Waals surface area contributed by atoms with Crippen molar-refractivity contribution in [2.75, 3.05) is 38.7 Å². The summed E-state index contributed by atoms with van der Waals surface area (Å²) in [5.74, 6) is 2.14. The molecule has 2 heterocycles. The van der Waals surface area contributed by atoms with E-state index >= 15 is 0 Å². The molecule has 1 aromatic carbocycles. The van der Waals surface area contributed by atoms with Gasteiger partial charge in [0.25, 0.3) is 0 Å². The van der Waals surface area contributed by atoms with Crippen molar-refractivity contribution in [3.05, 3.63) is 30.1 Å². The molecule has 1 aliphatic heterocycles. The molecule has 1 N–H and O–H groups in total. The van der Waals surface area contributed by atoms with Crippen LogP contribution in [0.15, 0.2) is 24.3 Å². The molecule has 1 aromatic heterocycles. The summed E-state index contributed by atoms with van der Waals surface area (Å²) in [6.07, 6.45) is 0. The van der Waals surface area contributed by atoms with Crippen molar-refractivity contribution < 1.29 is 0 Å². The molecule has 0 radical (unpaired) electrons. The first-order valence-corrected chi connectivity index (χ1v) is 7.60. The van der Waals surface area contributed by atoms with Gasteiger partial charge in [0.15, 0.2) is 5.82 Å². The lowest BCUT2D eigenvalue weighted by molar-refractivity contribution is 0.178. The molecule has 1 fully saturated rings. The number of para-hydroxylation sites is 1. The van der Waals surface area contributed by atoms with Crippen molar-refractivity contribution in [2.24, 2.45) is 0 Å². The molecule has 0 bridgehead atoms. The fourth-order valence-electron chi connectivity index (χ4n) is 2.51. The van der Waals surface area contributed by atoms with E-state index < -0.39 is 0 Å². The van der Waals surface area contributed by atoms with E-state index in [1.165, 1.54) is 0 Å². The summed E-state index contributed by atoms with van der Waals surface area (Å²) in [7, 11) is 2.16. The third-order valence-corrected chi connectivity index (χ3v) is 3.90. The number of nitrogens with zero attached hydrogens (tertiary/aromatic N) is 4. The number of benzene rings is 1. The molecule has 1 aliphatic rings. The molecule has 0 aliphatic carbocycles. The second-order valence-electron chi connectivity index (χ2n) is 6.00. The van der Waals surface area contributed by atoms with Gasteiger partial charge >= 0.3 is 0 Å². The van der Waals surface area contributed by atoms with Crippen molar-refractivity contribution in [2.45, 2.75) is 19.8 Å². The van der Waals surface area contributed by atoms with E-state index in [1.807, 2.05) is 12.1 Å². The van der Waals surface area contributed by atoms with Gasteiger partial charge in [-0.2, -0.15) is 0 Å². The van der Waals surface area contributed by atoms with Crippen LogP contribution in [0.1, 0.15) is 25.6 Å². The van der Waals surface area contributed by atoms with Crippen LogP contribution in [0.5, 0.6) is 0 Å². The van der Waals surface area contributed by atoms with Crippen molar-refractivity contribution >= 4 is 16.7 Å². The molecule has 21 heavy (non-hydrogen) atoms. The van der Waals surface area contributed by atoms with E-state index in [0.717, 1.165) is 48.7 Å². The number of aromatic nitrogens is 2. The average molecular weight is 285 g/mol. The number of anilines is 1. The van der Waals surface area contributed by atoms with Crippen LogP contribution < -0.4 is 5.43 Å². The molecular formula is C16H23N5. The number of hydrazine groups is 1. The SMILES string of the molecule is CC(C)c1nc(NN2CCN(C)CC2)c2ccccc2n1. The Bertz CT molecular complexity index is 617. The van der Waals surface area contributed by atoms with Gasteiger partial charge in [-0.15, -0.1) is 0 Å². The third kappa shape index (κ3) is 3.14. The van der Waals surface area contributed by atoms with Crippen LogP contribution in [0.4, 0.5) is 5.82 Å². The molecule has 0 amide bonds. The van der Waals surface area contributed by atoms with Gasteiger partial charge in [-0.25, -0.2) is 15.0 Å². The van der Waals surface area contributed by atoms with E-state index in [1.54, 1.807) is 0 Å². The molecular weight excluding hydrogens is 262 g/mol. The normalized spacial score (nSPS) is 17.5. The molecule has 3 rings (SSSR count). The fourth-order valence-corrected chi connectivity index (χ4v) is 2.51. The number of piperazine rings is 1. The van der Waals surface area contributed by atoms with Gasteiger partial charge in [0.2, 0.25) is 0 Å². The average Bonchev–Trinajstić information content (AvgIpc) is 2.49. The monoisotopic (exact) mass is 285 g/mol. The lowest BCUT2D eigenvalue weighted by atomic mass is 10.2. The highest BCUT2D eigenvalue weighted by molar-refractivity contribution is 5.88. The second-order valence-corrected chi connectivity index (χ2v) is 6.00. The summed E-state index contributed by atoms with van der Waals surface area (Å²) >= 11 is 0. The molecule has 1 saturated heterocycles. The van der Waals surface area contributed by atoms with Crippen molar-refractivity contribution in [1.29, 1.82) is 0 Å². The van der Waals surface area contributed by atoms with E-state index in [-0.39, 0.29) is 0 Å². The number of rotatable bonds is 3. The molecule has 0 spiro atoms. The maximum absolute atomic E-state index is 4.74. The molecule has 112 valence electrons. The van der Waals surface area contributed by atoms with Gasteiger partial charge in [0, 0.05) is 37.5 Å². The van der Waals surface area contributed by atoms with Crippen LogP contribution in [0, 0.1) is 0 Å². The predicted molar refractivity (Wildman–Crippen MR) is 86.3 cm³/mol. The standard InChI is InChI=1S/C16H23N5/c1-12(2)15-17-14-7-5-4-6-13(14)16(18-15)19-21-10-8-20(3)9-11-21/h4-7,12H,8-11H2,1-3H3,(H,17,18,19). The van der Waals surface area contributed by atoms with Crippen LogP contribution in [0.25, 0.3) is 10.9 Å². The number of nitrogens with one attached hydrogen (secondary N) is 1. The quantitative estimate of drug-likeness (QED) is 0.937. The number of hydrogen-bond donors (Lipinski definition) is 1. The van der Waals surface area contributed by atoms with Crippen LogP contribution in [0.3, 0.4) is 0 Å². The smallest absolute Gasteiger partial charge is 0.152 e. The first kappa shape index (κ1) is 14.2. The predicted octanol–water partition coefficient (Wildman–Crippen LogP) is 2.33. The van der Waals surface area contributed by atoms with Crippen LogP contribution in [-0.2, 0) is 0 Å². The topological polar surface area (TPSA) is 44.3 Å². The van der Waals surface area contributed by atoms with E-state index in [9.17, 15) is 0 Å². The van der Waals surface area contributed by atoms with Gasteiger partial charge < -0.3 is 10.3 Å². The summed E-state index contributed by atoms with van der Waals surface area (Å²) in [6.45, 7) is 8.42. The van der Waals surface area contributed by atoms with E-state index in [2.05, 4.69) is 53.3 Å². The van der Waals surface area contributed by atoms with Gasteiger partial charge in [0.1, 0.15) is 5.82 Å². The number of hydrogen-bond acceptors (Lipinski definition) is 5. The minimum Gasteiger partial charge on any atom is -0.304 e. The first-order chi connectivity index (χ1) is 10.1. The summed E-state index contributed by atoms with van der Waals surface area (Å²) in [4.78, 5) is 11.7. The summed E-state index contributed by atoms with van der Waals surface area (Å²) < 4.78 is 0. The van der Waals surface area contributed by atoms with Crippen LogP contribution in [-0.4, -0.2) is 53.1 Å². The van der Waals surface area contributed by atoms with Gasteiger partial charge in [-0.05, 0) is 19.2 Å². The Morgan fingerprint density at radius 2 is 1.76 bits per heavy atom. The van der Waals surface area contributed by atoms with Gasteiger partial charge in [-0.3, -0.25) is 0 Å². The zero-order valence-electron chi connectivity index (χ0n) is 13.0. The van der Waals surface area contributed by atoms with Crippen molar-refractivity contribution in [1.82, 2.24) is 19.9 Å². The number of likely N-dealkylation sites (N-methyl/N-ethyl adjacent to an activating group) is 1. The maximum Gasteiger partial charge on any atom is 0.152 e. The molecule has 0 unspecified atom stereocenters. The fraction of sp³-hybridized carbons (Fsp3) is 0.500. The van der Waals surface area contributed by atoms with Gasteiger partial charge in [-0.1, -0.05) is 26.0 Å². The maximum atomic E-state index is 4.74. The van der Waals surface area contributed by atoms with Crippen LogP contribution >= 0.6 is 0 Å². The minimum absolute atomic E-state index is 0.322. The van der Waals surface area contributed by atoms with Crippen molar-refractivity contribution in [3.63, 3.8) is 0 Å². The Labute approximate surface area is 126 Å². The Morgan fingerprint density at radius 1 is 1.05 bits per heavy atom. The Balaban J connectivity index is 1.92. The molecule has 0 atom stereocenters. The molecule has 5 nitrogen and oxygen atoms in total. The largest absolute Gasteiger partial charge is 0.304 e. The lowest BCUT2D eigenvalue weighted by Gasteiger charge is -2.33. The highest BCUT2D eigenvalue weighted by Gasteiger charge is 2.16. The highest BCUT2D eigenvalue weighted by atomic mass is 15.5. The molecule has 5 heteroatoms. The van der Waals surface area contributed by atoms with E-state index in [4.69, 9.17) is 4.98 Å². The number of fused-ring (bicyclic) bond motifs is 1. The zero-order valence-corrected chi connectivity index (χ0v) is 13.0. The Morgan fingerprint density at radius 3 is 2.48 bits per heavy atom. The van der Waals surface area contributed by atoms with E-state index in [0.29, 0.717) is 5.92 Å². The summed E-state index contributed by atoms with van der Waals surface area (Å²) in [5, 5.41) is 3.33.